The third-order valence-electron chi connectivity index (χ3n) is 5.05. The van der Waals surface area contributed by atoms with Crippen LogP contribution in [0.1, 0.15) is 68.9 Å². The molecule has 2 aliphatic rings. The van der Waals surface area contributed by atoms with Gasteiger partial charge in [-0.15, -0.1) is 0 Å². The SMILES string of the molecule is CC1(C)NCC1c1ccc(C2CCCCC2)cc1. The van der Waals surface area contributed by atoms with Crippen LogP contribution in [0.5, 0.6) is 0 Å². The maximum atomic E-state index is 3.51. The molecule has 1 aromatic rings. The lowest BCUT2D eigenvalue weighted by atomic mass is 9.74. The molecule has 1 aliphatic heterocycles. The van der Waals surface area contributed by atoms with Crippen molar-refractivity contribution in [1.29, 1.82) is 0 Å². The van der Waals surface area contributed by atoms with Gasteiger partial charge in [-0.3, -0.25) is 0 Å². The molecule has 1 aliphatic carbocycles. The van der Waals surface area contributed by atoms with E-state index in [1.165, 1.54) is 37.7 Å². The second kappa shape index (κ2) is 4.70. The lowest BCUT2D eigenvalue weighted by Gasteiger charge is -2.46. The fourth-order valence-electron chi connectivity index (χ4n) is 3.58. The minimum absolute atomic E-state index is 0.284. The molecule has 1 atom stereocenters. The highest BCUT2D eigenvalue weighted by Crippen LogP contribution is 2.37. The van der Waals surface area contributed by atoms with Gasteiger partial charge in [0.05, 0.1) is 0 Å². The smallest absolute Gasteiger partial charge is 0.0206 e. The first-order valence-corrected chi connectivity index (χ1v) is 7.52. The van der Waals surface area contributed by atoms with Crippen molar-refractivity contribution in [3.63, 3.8) is 0 Å². The highest BCUT2D eigenvalue weighted by molar-refractivity contribution is 5.32. The zero-order chi connectivity index (χ0) is 12.6. The molecule has 1 heteroatoms. The summed E-state index contributed by atoms with van der Waals surface area (Å²) in [5, 5.41) is 3.51. The highest BCUT2D eigenvalue weighted by atomic mass is 15.1. The summed E-state index contributed by atoms with van der Waals surface area (Å²) in [4.78, 5) is 0. The van der Waals surface area contributed by atoms with Crippen molar-refractivity contribution in [2.45, 2.75) is 63.3 Å². The molecule has 3 rings (SSSR count). The predicted octanol–water partition coefficient (Wildman–Crippen LogP) is 4.20. The number of hydrogen-bond acceptors (Lipinski definition) is 1. The first-order chi connectivity index (χ1) is 8.67. The number of rotatable bonds is 2. The van der Waals surface area contributed by atoms with E-state index in [0.717, 1.165) is 12.5 Å². The summed E-state index contributed by atoms with van der Waals surface area (Å²) in [7, 11) is 0. The Bertz CT molecular complexity index is 398. The van der Waals surface area contributed by atoms with Crippen LogP contribution in [-0.2, 0) is 0 Å². The van der Waals surface area contributed by atoms with Crippen LogP contribution >= 0.6 is 0 Å². The Morgan fingerprint density at radius 3 is 2.06 bits per heavy atom. The molecule has 1 saturated carbocycles. The number of benzene rings is 1. The van der Waals surface area contributed by atoms with E-state index in [4.69, 9.17) is 0 Å². The molecule has 98 valence electrons. The molecular weight excluding hydrogens is 218 g/mol. The molecule has 18 heavy (non-hydrogen) atoms. The number of nitrogens with one attached hydrogen (secondary N) is 1. The first kappa shape index (κ1) is 12.2. The van der Waals surface area contributed by atoms with Crippen LogP contribution in [0.15, 0.2) is 24.3 Å². The normalized spacial score (nSPS) is 27.8. The maximum absolute atomic E-state index is 3.51. The van der Waals surface area contributed by atoms with Crippen molar-refractivity contribution in [3.05, 3.63) is 35.4 Å². The lowest BCUT2D eigenvalue weighted by Crippen LogP contribution is -2.59. The predicted molar refractivity (Wildman–Crippen MR) is 77.1 cm³/mol. The Labute approximate surface area is 111 Å². The van der Waals surface area contributed by atoms with Gasteiger partial charge in [0.1, 0.15) is 0 Å². The van der Waals surface area contributed by atoms with Gasteiger partial charge in [-0.25, -0.2) is 0 Å². The third-order valence-corrected chi connectivity index (χ3v) is 5.05. The molecule has 1 aromatic carbocycles. The van der Waals surface area contributed by atoms with Crippen LogP contribution in [0, 0.1) is 0 Å². The summed E-state index contributed by atoms with van der Waals surface area (Å²) in [6.45, 7) is 5.74. The Balaban J connectivity index is 1.72. The largest absolute Gasteiger partial charge is 0.310 e. The zero-order valence-electron chi connectivity index (χ0n) is 11.7. The highest BCUT2D eigenvalue weighted by Gasteiger charge is 2.38. The molecular formula is C17H25N. The summed E-state index contributed by atoms with van der Waals surface area (Å²) in [6, 6.07) is 9.52. The van der Waals surface area contributed by atoms with Gasteiger partial charge >= 0.3 is 0 Å². The minimum atomic E-state index is 0.284. The fraction of sp³-hybridized carbons (Fsp3) is 0.647. The van der Waals surface area contributed by atoms with Gasteiger partial charge in [0.15, 0.2) is 0 Å². The van der Waals surface area contributed by atoms with Crippen molar-refractivity contribution < 1.29 is 0 Å². The maximum Gasteiger partial charge on any atom is 0.0206 e. The Hall–Kier alpha value is -0.820. The minimum Gasteiger partial charge on any atom is -0.310 e. The van der Waals surface area contributed by atoms with E-state index < -0.39 is 0 Å². The van der Waals surface area contributed by atoms with E-state index in [1.54, 1.807) is 5.56 Å². The zero-order valence-corrected chi connectivity index (χ0v) is 11.7. The lowest BCUT2D eigenvalue weighted by molar-refractivity contribution is 0.208. The average Bonchev–Trinajstić information content (AvgIpc) is 2.39. The van der Waals surface area contributed by atoms with Gasteiger partial charge in [-0.2, -0.15) is 0 Å². The van der Waals surface area contributed by atoms with Crippen molar-refractivity contribution in [1.82, 2.24) is 5.32 Å². The number of hydrogen-bond donors (Lipinski definition) is 1. The molecule has 0 radical (unpaired) electrons. The van der Waals surface area contributed by atoms with Crippen molar-refractivity contribution >= 4 is 0 Å². The van der Waals surface area contributed by atoms with Crippen molar-refractivity contribution in [2.75, 3.05) is 6.54 Å². The monoisotopic (exact) mass is 243 g/mol. The summed E-state index contributed by atoms with van der Waals surface area (Å²) in [6.07, 6.45) is 7.08. The van der Waals surface area contributed by atoms with E-state index in [-0.39, 0.29) is 5.54 Å². The summed E-state index contributed by atoms with van der Waals surface area (Å²) in [5.74, 6) is 1.53. The van der Waals surface area contributed by atoms with E-state index in [0.29, 0.717) is 5.92 Å². The molecule has 0 spiro atoms. The topological polar surface area (TPSA) is 12.0 Å². The standard InChI is InChI=1S/C17H25N/c1-17(2)16(12-18-17)15-10-8-14(9-11-15)13-6-4-3-5-7-13/h8-11,13,16,18H,3-7,12H2,1-2H3. The summed E-state index contributed by atoms with van der Waals surface area (Å²) >= 11 is 0. The van der Waals surface area contributed by atoms with Crippen molar-refractivity contribution in [2.24, 2.45) is 0 Å². The molecule has 1 saturated heterocycles. The van der Waals surface area contributed by atoms with Gasteiger partial charge in [0.2, 0.25) is 0 Å². The second-order valence-electron chi connectivity index (χ2n) is 6.66. The van der Waals surface area contributed by atoms with Crippen LogP contribution < -0.4 is 5.32 Å². The van der Waals surface area contributed by atoms with Gasteiger partial charge in [-0.05, 0) is 43.7 Å². The molecule has 1 unspecified atom stereocenters. The van der Waals surface area contributed by atoms with Crippen LogP contribution in [0.2, 0.25) is 0 Å². The van der Waals surface area contributed by atoms with Crippen LogP contribution in [0.3, 0.4) is 0 Å². The fourth-order valence-corrected chi connectivity index (χ4v) is 3.58. The quantitative estimate of drug-likeness (QED) is 0.821. The molecule has 1 N–H and O–H groups in total. The molecule has 0 bridgehead atoms. The van der Waals surface area contributed by atoms with Gasteiger partial charge < -0.3 is 5.32 Å². The molecule has 0 amide bonds. The Morgan fingerprint density at radius 1 is 0.944 bits per heavy atom. The molecule has 1 heterocycles. The average molecular weight is 243 g/mol. The van der Waals surface area contributed by atoms with E-state index >= 15 is 0 Å². The summed E-state index contributed by atoms with van der Waals surface area (Å²) < 4.78 is 0. The van der Waals surface area contributed by atoms with E-state index in [9.17, 15) is 0 Å². The van der Waals surface area contributed by atoms with Gasteiger partial charge in [0, 0.05) is 18.0 Å². The summed E-state index contributed by atoms with van der Waals surface area (Å²) in [5.41, 5.74) is 3.37. The third kappa shape index (κ3) is 2.21. The van der Waals surface area contributed by atoms with Crippen molar-refractivity contribution in [3.8, 4) is 0 Å². The van der Waals surface area contributed by atoms with E-state index in [1.807, 2.05) is 0 Å². The van der Waals surface area contributed by atoms with Crippen LogP contribution in [-0.4, -0.2) is 12.1 Å². The Morgan fingerprint density at radius 2 is 1.56 bits per heavy atom. The van der Waals surface area contributed by atoms with E-state index in [2.05, 4.69) is 43.4 Å². The van der Waals surface area contributed by atoms with Crippen LogP contribution in [0.4, 0.5) is 0 Å². The van der Waals surface area contributed by atoms with Gasteiger partial charge in [0.25, 0.3) is 0 Å². The van der Waals surface area contributed by atoms with Gasteiger partial charge in [-0.1, -0.05) is 43.5 Å². The van der Waals surface area contributed by atoms with Crippen LogP contribution in [0.25, 0.3) is 0 Å². The molecule has 2 fully saturated rings. The molecule has 1 nitrogen and oxygen atoms in total. The molecule has 0 aromatic heterocycles. The second-order valence-corrected chi connectivity index (χ2v) is 6.66. The Kier molecular flexibility index (Phi) is 3.19. The first-order valence-electron chi connectivity index (χ1n) is 7.52.